The Morgan fingerprint density at radius 3 is 1.92 bits per heavy atom. The first-order valence-corrected chi connectivity index (χ1v) is 7.93. The molecule has 0 amide bonds. The minimum absolute atomic E-state index is 0.0600. The lowest BCUT2D eigenvalue weighted by Crippen LogP contribution is -2.14. The summed E-state index contributed by atoms with van der Waals surface area (Å²) in [5, 5.41) is 0. The van der Waals surface area contributed by atoms with Crippen molar-refractivity contribution in [2.45, 2.75) is 26.7 Å². The van der Waals surface area contributed by atoms with Crippen molar-refractivity contribution >= 4 is 17.9 Å². The van der Waals surface area contributed by atoms with E-state index in [0.29, 0.717) is 13.2 Å². The van der Waals surface area contributed by atoms with Gasteiger partial charge in [0.05, 0.1) is 32.0 Å². The Morgan fingerprint density at radius 2 is 1.44 bits per heavy atom. The summed E-state index contributed by atoms with van der Waals surface area (Å²) in [6.07, 6.45) is 4.22. The fourth-order valence-corrected chi connectivity index (χ4v) is 1.12. The molecule has 0 aromatic rings. The van der Waals surface area contributed by atoms with Crippen molar-refractivity contribution in [3.8, 4) is 0 Å². The SMILES string of the molecule is C=CC(=O)OCCCC.C=CC(=O)OCCOCC(=C)C(=O)OCC. The molecule has 0 saturated carbocycles. The van der Waals surface area contributed by atoms with Crippen LogP contribution < -0.4 is 0 Å². The fraction of sp³-hybridized carbons (Fsp3) is 0.500. The van der Waals surface area contributed by atoms with Gasteiger partial charge in [-0.05, 0) is 13.3 Å². The van der Waals surface area contributed by atoms with E-state index >= 15 is 0 Å². The highest BCUT2D eigenvalue weighted by Crippen LogP contribution is 1.96. The van der Waals surface area contributed by atoms with Crippen molar-refractivity contribution < 1.29 is 33.3 Å². The van der Waals surface area contributed by atoms with Crippen molar-refractivity contribution in [3.05, 3.63) is 37.5 Å². The molecule has 0 aliphatic heterocycles. The first-order chi connectivity index (χ1) is 11.9. The largest absolute Gasteiger partial charge is 0.463 e. The Hall–Kier alpha value is -2.41. The van der Waals surface area contributed by atoms with Crippen molar-refractivity contribution in [1.82, 2.24) is 0 Å². The van der Waals surface area contributed by atoms with Crippen LogP contribution in [-0.4, -0.2) is 50.9 Å². The van der Waals surface area contributed by atoms with Gasteiger partial charge in [-0.2, -0.15) is 0 Å². The van der Waals surface area contributed by atoms with E-state index in [1.807, 2.05) is 6.92 Å². The smallest absolute Gasteiger partial charge is 0.335 e. The summed E-state index contributed by atoms with van der Waals surface area (Å²) in [5.41, 5.74) is 0.233. The standard InChI is InChI=1S/C11H16O5.C7H12O2/c1-4-10(12)16-7-6-14-8-9(3)11(13)15-5-2;1-3-5-6-9-7(8)4-2/h4H,1,3,5-8H2,2H3;4H,2-3,5-6H2,1H3. The summed E-state index contributed by atoms with van der Waals surface area (Å²) in [7, 11) is 0. The van der Waals surface area contributed by atoms with Gasteiger partial charge in [0.1, 0.15) is 6.61 Å². The Balaban J connectivity index is 0. The summed E-state index contributed by atoms with van der Waals surface area (Å²) in [6, 6.07) is 0. The Kier molecular flexibility index (Phi) is 17.8. The van der Waals surface area contributed by atoms with E-state index in [1.165, 1.54) is 6.08 Å². The van der Waals surface area contributed by atoms with Crippen LogP contribution in [0, 0.1) is 0 Å². The van der Waals surface area contributed by atoms with Crippen LogP contribution in [0.15, 0.2) is 37.5 Å². The zero-order valence-electron chi connectivity index (χ0n) is 15.1. The number of carbonyl (C=O) groups is 3. The summed E-state index contributed by atoms with van der Waals surface area (Å²) in [6.45, 7) is 14.9. The van der Waals surface area contributed by atoms with E-state index in [-0.39, 0.29) is 31.4 Å². The molecule has 0 radical (unpaired) electrons. The molecular formula is C18H28O7. The lowest BCUT2D eigenvalue weighted by atomic mass is 10.3. The maximum absolute atomic E-state index is 11.1. The van der Waals surface area contributed by atoms with Gasteiger partial charge in [-0.1, -0.05) is 33.1 Å². The van der Waals surface area contributed by atoms with E-state index in [9.17, 15) is 14.4 Å². The van der Waals surface area contributed by atoms with Crippen molar-refractivity contribution in [1.29, 1.82) is 0 Å². The molecule has 0 spiro atoms. The van der Waals surface area contributed by atoms with Crippen LogP contribution in [0.4, 0.5) is 0 Å². The Bertz CT molecular complexity index is 441. The molecule has 0 atom stereocenters. The molecule has 0 N–H and O–H groups in total. The molecule has 0 saturated heterocycles. The Morgan fingerprint density at radius 1 is 0.880 bits per heavy atom. The zero-order chi connectivity index (χ0) is 19.5. The number of esters is 3. The molecule has 0 rings (SSSR count). The molecule has 142 valence electrons. The third-order valence-electron chi connectivity index (χ3n) is 2.39. The van der Waals surface area contributed by atoms with E-state index in [0.717, 1.165) is 18.9 Å². The third kappa shape index (κ3) is 17.8. The van der Waals surface area contributed by atoms with E-state index in [2.05, 4.69) is 29.2 Å². The predicted molar refractivity (Wildman–Crippen MR) is 93.8 cm³/mol. The molecule has 0 unspecified atom stereocenters. The summed E-state index contributed by atoms with van der Waals surface area (Å²) in [5.74, 6) is -1.32. The number of ether oxygens (including phenoxy) is 4. The molecule has 7 nitrogen and oxygen atoms in total. The lowest BCUT2D eigenvalue weighted by Gasteiger charge is -2.06. The highest BCUT2D eigenvalue weighted by atomic mass is 16.6. The second-order valence-corrected chi connectivity index (χ2v) is 4.47. The monoisotopic (exact) mass is 356 g/mol. The van der Waals surface area contributed by atoms with Gasteiger partial charge in [0.25, 0.3) is 0 Å². The molecular weight excluding hydrogens is 328 g/mol. The summed E-state index contributed by atoms with van der Waals surface area (Å²) >= 11 is 0. The van der Waals surface area contributed by atoms with Crippen LogP contribution in [-0.2, 0) is 33.3 Å². The predicted octanol–water partition coefficient (Wildman–Crippen LogP) is 2.37. The van der Waals surface area contributed by atoms with Crippen LogP contribution in [0.1, 0.15) is 26.7 Å². The normalized spacial score (nSPS) is 9.04. The molecule has 0 aliphatic rings. The fourth-order valence-electron chi connectivity index (χ4n) is 1.12. The van der Waals surface area contributed by atoms with Gasteiger partial charge in [-0.25, -0.2) is 14.4 Å². The number of rotatable bonds is 12. The molecule has 25 heavy (non-hydrogen) atoms. The van der Waals surface area contributed by atoms with Crippen LogP contribution in [0.3, 0.4) is 0 Å². The van der Waals surface area contributed by atoms with Crippen LogP contribution >= 0.6 is 0 Å². The van der Waals surface area contributed by atoms with E-state index < -0.39 is 11.9 Å². The maximum Gasteiger partial charge on any atom is 0.335 e. The van der Waals surface area contributed by atoms with Crippen molar-refractivity contribution in [3.63, 3.8) is 0 Å². The van der Waals surface area contributed by atoms with E-state index in [1.54, 1.807) is 6.92 Å². The van der Waals surface area contributed by atoms with Crippen molar-refractivity contribution in [2.24, 2.45) is 0 Å². The van der Waals surface area contributed by atoms with Gasteiger partial charge < -0.3 is 18.9 Å². The number of carbonyl (C=O) groups excluding carboxylic acids is 3. The van der Waals surface area contributed by atoms with Crippen molar-refractivity contribution in [2.75, 3.05) is 33.0 Å². The molecule has 0 aromatic carbocycles. The van der Waals surface area contributed by atoms with E-state index in [4.69, 9.17) is 9.47 Å². The van der Waals surface area contributed by atoms with Gasteiger partial charge in [0.15, 0.2) is 0 Å². The molecule has 0 aromatic heterocycles. The minimum atomic E-state index is -0.507. The quantitative estimate of drug-likeness (QED) is 0.229. The zero-order valence-corrected chi connectivity index (χ0v) is 15.1. The first kappa shape index (κ1) is 24.8. The number of hydrogen-bond donors (Lipinski definition) is 0. The summed E-state index contributed by atoms with van der Waals surface area (Å²) in [4.78, 5) is 32.0. The van der Waals surface area contributed by atoms with Crippen LogP contribution in [0.5, 0.6) is 0 Å². The van der Waals surface area contributed by atoms with Gasteiger partial charge in [0.2, 0.25) is 0 Å². The molecule has 7 heteroatoms. The van der Waals surface area contributed by atoms with Gasteiger partial charge in [-0.15, -0.1) is 0 Å². The third-order valence-corrected chi connectivity index (χ3v) is 2.39. The maximum atomic E-state index is 11.1. The Labute approximate surface area is 149 Å². The van der Waals surface area contributed by atoms with Gasteiger partial charge in [0, 0.05) is 12.2 Å². The second kappa shape index (κ2) is 17.9. The van der Waals surface area contributed by atoms with Crippen LogP contribution in [0.25, 0.3) is 0 Å². The average molecular weight is 356 g/mol. The highest BCUT2D eigenvalue weighted by Gasteiger charge is 2.07. The number of unbranched alkanes of at least 4 members (excludes halogenated alkanes) is 1. The highest BCUT2D eigenvalue weighted by molar-refractivity contribution is 5.87. The van der Waals surface area contributed by atoms with Gasteiger partial charge in [-0.3, -0.25) is 0 Å². The lowest BCUT2D eigenvalue weighted by molar-refractivity contribution is -0.141. The average Bonchev–Trinajstić information content (AvgIpc) is 2.61. The molecule has 0 fully saturated rings. The van der Waals surface area contributed by atoms with Gasteiger partial charge >= 0.3 is 17.9 Å². The summed E-state index contributed by atoms with van der Waals surface area (Å²) < 4.78 is 19.1. The molecule has 0 bridgehead atoms. The molecule has 0 aliphatic carbocycles. The number of hydrogen-bond acceptors (Lipinski definition) is 7. The molecule has 0 heterocycles. The topological polar surface area (TPSA) is 88.1 Å². The van der Waals surface area contributed by atoms with Crippen LogP contribution in [0.2, 0.25) is 0 Å². The second-order valence-electron chi connectivity index (χ2n) is 4.47. The minimum Gasteiger partial charge on any atom is -0.463 e. The first-order valence-electron chi connectivity index (χ1n) is 7.93.